The molecular formula is C17H17Br2F3N4O4S2. The minimum atomic E-state index is -4.62. The van der Waals surface area contributed by atoms with Gasteiger partial charge in [-0.05, 0) is 37.9 Å². The second-order valence-corrected chi connectivity index (χ2v) is 10.3. The zero-order chi connectivity index (χ0) is 23.6. The van der Waals surface area contributed by atoms with Crippen molar-refractivity contribution in [1.82, 2.24) is 15.3 Å². The van der Waals surface area contributed by atoms with Crippen molar-refractivity contribution < 1.29 is 33.2 Å². The molecule has 15 heteroatoms. The number of halogens is 5. The molecule has 2 aromatic rings. The number of hydrogen-bond donors (Lipinski definition) is 5. The van der Waals surface area contributed by atoms with Gasteiger partial charge in [-0.3, -0.25) is 0 Å². The van der Waals surface area contributed by atoms with Gasteiger partial charge in [0.15, 0.2) is 5.69 Å². The van der Waals surface area contributed by atoms with Crippen molar-refractivity contribution in [3.63, 3.8) is 0 Å². The fraction of sp³-hybridized carbons (Fsp3) is 0.412. The SMILES string of the molecule is N/C(=C\NC1C(O)C(CO)OC(Sc2cnc(C(F)(F)F)c(Br)c2)C1O)c1nc(Br)cs1. The summed E-state index contributed by atoms with van der Waals surface area (Å²) in [6.45, 7) is -0.545. The lowest BCUT2D eigenvalue weighted by molar-refractivity contribution is -0.164. The molecule has 0 amide bonds. The van der Waals surface area contributed by atoms with Crippen molar-refractivity contribution in [2.24, 2.45) is 5.73 Å². The molecule has 0 aliphatic carbocycles. The monoisotopic (exact) mass is 620 g/mol. The molecule has 0 radical (unpaired) electrons. The van der Waals surface area contributed by atoms with Crippen LogP contribution in [0.2, 0.25) is 0 Å². The number of alkyl halides is 3. The van der Waals surface area contributed by atoms with Crippen molar-refractivity contribution >= 4 is 60.7 Å². The molecule has 3 heterocycles. The third-order valence-electron chi connectivity index (χ3n) is 4.38. The van der Waals surface area contributed by atoms with Crippen LogP contribution >= 0.6 is 55.0 Å². The minimum Gasteiger partial charge on any atom is -0.395 e. The molecule has 0 spiro atoms. The predicted octanol–water partition coefficient (Wildman–Crippen LogP) is 2.53. The van der Waals surface area contributed by atoms with E-state index in [0.29, 0.717) is 9.61 Å². The van der Waals surface area contributed by atoms with E-state index in [-0.39, 0.29) is 15.1 Å². The summed E-state index contributed by atoms with van der Waals surface area (Å²) in [6, 6.07) is 0.210. The van der Waals surface area contributed by atoms with Crippen molar-refractivity contribution in [2.75, 3.05) is 6.61 Å². The van der Waals surface area contributed by atoms with E-state index in [9.17, 15) is 28.5 Å². The van der Waals surface area contributed by atoms with Crippen LogP contribution in [0.5, 0.6) is 0 Å². The summed E-state index contributed by atoms with van der Waals surface area (Å²) in [4.78, 5) is 7.87. The Morgan fingerprint density at radius 2 is 2.06 bits per heavy atom. The molecule has 5 atom stereocenters. The normalized spacial score (nSPS) is 26.9. The van der Waals surface area contributed by atoms with E-state index in [0.717, 1.165) is 18.0 Å². The zero-order valence-corrected chi connectivity index (χ0v) is 20.6. The first-order valence-corrected chi connectivity index (χ1v) is 12.2. The zero-order valence-electron chi connectivity index (χ0n) is 15.8. The topological polar surface area (TPSA) is 134 Å². The Labute approximate surface area is 205 Å². The number of aromatic nitrogens is 2. The van der Waals surface area contributed by atoms with Gasteiger partial charge in [-0.25, -0.2) is 9.97 Å². The highest BCUT2D eigenvalue weighted by Crippen LogP contribution is 2.38. The Kier molecular flexibility index (Phi) is 8.46. The Balaban J connectivity index is 1.78. The lowest BCUT2D eigenvalue weighted by atomic mass is 9.97. The molecule has 1 aliphatic heterocycles. The van der Waals surface area contributed by atoms with E-state index >= 15 is 0 Å². The first kappa shape index (κ1) is 25.7. The predicted molar refractivity (Wildman–Crippen MR) is 119 cm³/mol. The third-order valence-corrected chi connectivity index (χ3v) is 7.70. The highest BCUT2D eigenvalue weighted by molar-refractivity contribution is 9.10. The highest BCUT2D eigenvalue weighted by atomic mass is 79.9. The van der Waals surface area contributed by atoms with E-state index in [1.54, 1.807) is 5.38 Å². The van der Waals surface area contributed by atoms with Gasteiger partial charge in [0.2, 0.25) is 0 Å². The molecule has 2 aromatic heterocycles. The van der Waals surface area contributed by atoms with Gasteiger partial charge < -0.3 is 31.1 Å². The summed E-state index contributed by atoms with van der Waals surface area (Å²) in [5.41, 5.74) is 4.13. The summed E-state index contributed by atoms with van der Waals surface area (Å²) < 4.78 is 44.7. The number of aliphatic hydroxyl groups is 3. The summed E-state index contributed by atoms with van der Waals surface area (Å²) in [7, 11) is 0. The van der Waals surface area contributed by atoms with Crippen molar-refractivity contribution in [2.45, 2.75) is 40.9 Å². The number of pyridine rings is 1. The molecule has 6 N–H and O–H groups in total. The molecule has 1 saturated heterocycles. The van der Waals surface area contributed by atoms with E-state index in [2.05, 4.69) is 47.1 Å². The Morgan fingerprint density at radius 1 is 1.34 bits per heavy atom. The number of nitrogens with one attached hydrogen (secondary N) is 1. The lowest BCUT2D eigenvalue weighted by Crippen LogP contribution is -2.62. The average Bonchev–Trinajstić information content (AvgIpc) is 3.15. The van der Waals surface area contributed by atoms with E-state index in [1.807, 2.05) is 0 Å². The molecule has 3 rings (SSSR count). The summed E-state index contributed by atoms with van der Waals surface area (Å²) in [5.74, 6) is 0. The number of rotatable bonds is 6. The van der Waals surface area contributed by atoms with Crippen LogP contribution in [0.25, 0.3) is 5.70 Å². The molecule has 1 fully saturated rings. The van der Waals surface area contributed by atoms with Crippen LogP contribution in [-0.4, -0.2) is 61.7 Å². The number of nitrogens with two attached hydrogens (primary N) is 1. The first-order valence-electron chi connectivity index (χ1n) is 8.86. The number of hydrogen-bond acceptors (Lipinski definition) is 10. The lowest BCUT2D eigenvalue weighted by Gasteiger charge is -2.42. The number of ether oxygens (including phenoxy) is 1. The van der Waals surface area contributed by atoms with Gasteiger partial charge in [0, 0.05) is 27.1 Å². The van der Waals surface area contributed by atoms with Gasteiger partial charge in [0.05, 0.1) is 18.3 Å². The maximum Gasteiger partial charge on any atom is 0.434 e. The number of thiazole rings is 1. The van der Waals surface area contributed by atoms with E-state index in [1.165, 1.54) is 23.6 Å². The molecule has 8 nitrogen and oxygen atoms in total. The standard InChI is InChI=1S/C17H17Br2F3N4O4S2/c18-7-1-6(2-25-14(7)17(20,21)22)32-16-13(29)11(12(28)9(4-27)30-16)24-3-8(23)15-26-10(19)5-31-15/h1-3,5,9,11-13,16,24,27-29H,4,23H2/b8-3-. The molecule has 1 aliphatic rings. The van der Waals surface area contributed by atoms with Crippen LogP contribution in [0.15, 0.2) is 37.8 Å². The maximum absolute atomic E-state index is 12.9. The maximum atomic E-state index is 12.9. The van der Waals surface area contributed by atoms with Crippen molar-refractivity contribution in [1.29, 1.82) is 0 Å². The van der Waals surface area contributed by atoms with E-state index in [4.69, 9.17) is 10.5 Å². The van der Waals surface area contributed by atoms with Gasteiger partial charge in [0.1, 0.15) is 33.4 Å². The average molecular weight is 622 g/mol. The Morgan fingerprint density at radius 3 is 2.62 bits per heavy atom. The minimum absolute atomic E-state index is 0.257. The highest BCUT2D eigenvalue weighted by Gasteiger charge is 2.44. The Hall–Kier alpha value is -0.940. The van der Waals surface area contributed by atoms with Gasteiger partial charge in [0.25, 0.3) is 0 Å². The van der Waals surface area contributed by atoms with Gasteiger partial charge in [-0.15, -0.1) is 11.3 Å². The van der Waals surface area contributed by atoms with Crippen molar-refractivity contribution in [3.05, 3.63) is 43.6 Å². The molecule has 32 heavy (non-hydrogen) atoms. The second kappa shape index (κ2) is 10.5. The smallest absolute Gasteiger partial charge is 0.395 e. The largest absolute Gasteiger partial charge is 0.434 e. The molecule has 0 saturated carbocycles. The van der Waals surface area contributed by atoms with Gasteiger partial charge in [-0.1, -0.05) is 11.8 Å². The van der Waals surface area contributed by atoms with Crippen LogP contribution in [0.3, 0.4) is 0 Å². The number of thioether (sulfide) groups is 1. The number of nitrogens with zero attached hydrogens (tertiary/aromatic N) is 2. The first-order chi connectivity index (χ1) is 15.0. The van der Waals surface area contributed by atoms with Crippen LogP contribution in [0.1, 0.15) is 10.7 Å². The molecule has 5 unspecified atom stereocenters. The van der Waals surface area contributed by atoms with Crippen molar-refractivity contribution in [3.8, 4) is 0 Å². The van der Waals surface area contributed by atoms with Gasteiger partial charge in [-0.2, -0.15) is 13.2 Å². The summed E-state index contributed by atoms with van der Waals surface area (Å²) in [5, 5.41) is 35.9. The Bertz CT molecular complexity index is 982. The summed E-state index contributed by atoms with van der Waals surface area (Å²) >= 11 is 8.26. The van der Waals surface area contributed by atoms with Crippen LogP contribution in [-0.2, 0) is 10.9 Å². The molecule has 0 aromatic carbocycles. The molecule has 0 bridgehead atoms. The fourth-order valence-electron chi connectivity index (χ4n) is 2.84. The van der Waals surface area contributed by atoms with E-state index < -0.39 is 48.3 Å². The van der Waals surface area contributed by atoms with Crippen LogP contribution < -0.4 is 11.1 Å². The molecule has 176 valence electrons. The fourth-order valence-corrected chi connectivity index (χ4v) is 5.83. The van der Waals surface area contributed by atoms with Crippen LogP contribution in [0.4, 0.5) is 13.2 Å². The quantitative estimate of drug-likeness (QED) is 0.330. The third kappa shape index (κ3) is 5.94. The van der Waals surface area contributed by atoms with Crippen LogP contribution in [0, 0.1) is 0 Å². The number of aliphatic hydroxyl groups excluding tert-OH is 3. The second-order valence-electron chi connectivity index (χ2n) is 6.59. The summed E-state index contributed by atoms with van der Waals surface area (Å²) in [6.07, 6.45) is -5.90. The van der Waals surface area contributed by atoms with Gasteiger partial charge >= 0.3 is 6.18 Å². The molecular weight excluding hydrogens is 605 g/mol.